The van der Waals surface area contributed by atoms with E-state index in [1.165, 1.54) is 36.8 Å². The zero-order chi connectivity index (χ0) is 14.2. The summed E-state index contributed by atoms with van der Waals surface area (Å²) in [5.74, 6) is 2.25. The fraction of sp³-hybridized carbons (Fsp3) is 0.529. The number of hydrogen-bond donors (Lipinski definition) is 0. The minimum atomic E-state index is 0.564. The van der Waals surface area contributed by atoms with E-state index in [9.17, 15) is 0 Å². The highest BCUT2D eigenvalue weighted by molar-refractivity contribution is 5.22. The van der Waals surface area contributed by atoms with E-state index in [4.69, 9.17) is 4.52 Å². The van der Waals surface area contributed by atoms with Gasteiger partial charge in [-0.3, -0.25) is 4.90 Å². The third-order valence-electron chi connectivity index (χ3n) is 4.30. The van der Waals surface area contributed by atoms with Crippen LogP contribution < -0.4 is 0 Å². The number of rotatable bonds is 6. The number of aryl methyl sites for hydroxylation is 1. The van der Waals surface area contributed by atoms with Crippen molar-refractivity contribution >= 4 is 0 Å². The van der Waals surface area contributed by atoms with E-state index in [0.717, 1.165) is 24.8 Å². The van der Waals surface area contributed by atoms with Gasteiger partial charge >= 0.3 is 0 Å². The molecule has 2 aliphatic rings. The third-order valence-corrected chi connectivity index (χ3v) is 4.30. The molecule has 2 aliphatic carbocycles. The van der Waals surface area contributed by atoms with Crippen molar-refractivity contribution in [2.24, 2.45) is 0 Å². The van der Waals surface area contributed by atoms with Crippen LogP contribution >= 0.6 is 0 Å². The molecule has 0 spiro atoms. The molecule has 1 heterocycles. The average Bonchev–Trinajstić information content (AvgIpc) is 3.38. The molecule has 1 aromatic carbocycles. The van der Waals surface area contributed by atoms with Gasteiger partial charge in [0.1, 0.15) is 0 Å². The summed E-state index contributed by atoms with van der Waals surface area (Å²) in [5.41, 5.74) is 2.68. The molecule has 4 nitrogen and oxygen atoms in total. The molecular weight excluding hydrogens is 262 g/mol. The van der Waals surface area contributed by atoms with Crippen LogP contribution in [0.5, 0.6) is 0 Å². The molecule has 4 rings (SSSR count). The van der Waals surface area contributed by atoms with Gasteiger partial charge in [0.2, 0.25) is 5.89 Å². The summed E-state index contributed by atoms with van der Waals surface area (Å²) < 4.78 is 5.43. The van der Waals surface area contributed by atoms with Crippen molar-refractivity contribution in [2.75, 3.05) is 0 Å². The standard InChI is InChI=1S/C17H21N3O/c1-12-3-2-4-13(9-12)10-20(15-7-8-15)11-16-18-17(19-21-16)14-5-6-14/h2-4,9,14-15H,5-8,10-11H2,1H3. The van der Waals surface area contributed by atoms with Crippen molar-refractivity contribution in [2.45, 2.75) is 57.7 Å². The molecule has 4 heteroatoms. The lowest BCUT2D eigenvalue weighted by molar-refractivity contribution is 0.209. The Bertz CT molecular complexity index is 628. The van der Waals surface area contributed by atoms with E-state index in [2.05, 4.69) is 46.2 Å². The van der Waals surface area contributed by atoms with Crippen molar-refractivity contribution < 1.29 is 4.52 Å². The Morgan fingerprint density at radius 1 is 1.19 bits per heavy atom. The van der Waals surface area contributed by atoms with Gasteiger partial charge in [-0.05, 0) is 38.2 Å². The first-order valence-corrected chi connectivity index (χ1v) is 7.90. The van der Waals surface area contributed by atoms with Crippen molar-refractivity contribution in [3.63, 3.8) is 0 Å². The minimum Gasteiger partial charge on any atom is -0.338 e. The molecule has 0 bridgehead atoms. The molecule has 0 atom stereocenters. The van der Waals surface area contributed by atoms with Gasteiger partial charge in [-0.2, -0.15) is 4.98 Å². The molecule has 0 aliphatic heterocycles. The maximum atomic E-state index is 5.43. The van der Waals surface area contributed by atoms with Crippen LogP contribution in [0, 0.1) is 6.92 Å². The van der Waals surface area contributed by atoms with E-state index < -0.39 is 0 Å². The van der Waals surface area contributed by atoms with E-state index in [-0.39, 0.29) is 0 Å². The first kappa shape index (κ1) is 13.0. The highest BCUT2D eigenvalue weighted by atomic mass is 16.5. The van der Waals surface area contributed by atoms with Gasteiger partial charge in [0.25, 0.3) is 0 Å². The number of hydrogen-bond acceptors (Lipinski definition) is 4. The molecule has 0 N–H and O–H groups in total. The molecule has 1 aromatic heterocycles. The van der Waals surface area contributed by atoms with E-state index in [1.807, 2.05) is 0 Å². The Labute approximate surface area is 125 Å². The Hall–Kier alpha value is -1.68. The van der Waals surface area contributed by atoms with Crippen molar-refractivity contribution in [1.29, 1.82) is 0 Å². The Morgan fingerprint density at radius 3 is 2.76 bits per heavy atom. The number of benzene rings is 1. The normalized spacial score (nSPS) is 18.4. The fourth-order valence-electron chi connectivity index (χ4n) is 2.81. The van der Waals surface area contributed by atoms with Gasteiger partial charge in [-0.25, -0.2) is 0 Å². The van der Waals surface area contributed by atoms with Gasteiger partial charge < -0.3 is 4.52 Å². The Balaban J connectivity index is 1.46. The maximum absolute atomic E-state index is 5.43. The van der Waals surface area contributed by atoms with Gasteiger partial charge in [-0.1, -0.05) is 35.0 Å². The van der Waals surface area contributed by atoms with Crippen LogP contribution in [0.4, 0.5) is 0 Å². The molecular formula is C17H21N3O. The molecule has 0 amide bonds. The van der Waals surface area contributed by atoms with Gasteiger partial charge in [-0.15, -0.1) is 0 Å². The summed E-state index contributed by atoms with van der Waals surface area (Å²) in [6.07, 6.45) is 5.01. The summed E-state index contributed by atoms with van der Waals surface area (Å²) in [5, 5.41) is 4.12. The van der Waals surface area contributed by atoms with Gasteiger partial charge in [0.15, 0.2) is 5.82 Å². The molecule has 0 unspecified atom stereocenters. The lowest BCUT2D eigenvalue weighted by Crippen LogP contribution is -2.25. The lowest BCUT2D eigenvalue weighted by Gasteiger charge is -2.20. The first-order chi connectivity index (χ1) is 10.3. The molecule has 0 saturated heterocycles. The summed E-state index contributed by atoms with van der Waals surface area (Å²) >= 11 is 0. The SMILES string of the molecule is Cc1cccc(CN(Cc2nc(C3CC3)no2)C2CC2)c1. The Kier molecular flexibility index (Phi) is 3.26. The second-order valence-electron chi connectivity index (χ2n) is 6.45. The topological polar surface area (TPSA) is 42.2 Å². The largest absolute Gasteiger partial charge is 0.338 e. The van der Waals surface area contributed by atoms with Crippen LogP contribution in [0.2, 0.25) is 0 Å². The van der Waals surface area contributed by atoms with E-state index in [0.29, 0.717) is 12.0 Å². The van der Waals surface area contributed by atoms with Crippen LogP contribution in [-0.4, -0.2) is 21.1 Å². The quantitative estimate of drug-likeness (QED) is 0.814. The fourth-order valence-corrected chi connectivity index (χ4v) is 2.81. The second-order valence-corrected chi connectivity index (χ2v) is 6.45. The molecule has 2 aromatic rings. The lowest BCUT2D eigenvalue weighted by atomic mass is 10.1. The summed E-state index contributed by atoms with van der Waals surface area (Å²) in [4.78, 5) is 7.03. The number of aromatic nitrogens is 2. The summed E-state index contributed by atoms with van der Waals surface area (Å²) in [6.45, 7) is 3.89. The maximum Gasteiger partial charge on any atom is 0.240 e. The van der Waals surface area contributed by atoms with Crippen LogP contribution in [-0.2, 0) is 13.1 Å². The summed E-state index contributed by atoms with van der Waals surface area (Å²) in [7, 11) is 0. The molecule has 21 heavy (non-hydrogen) atoms. The van der Waals surface area contributed by atoms with Crippen molar-refractivity contribution in [3.05, 3.63) is 47.1 Å². The highest BCUT2D eigenvalue weighted by Crippen LogP contribution is 2.38. The Morgan fingerprint density at radius 2 is 2.05 bits per heavy atom. The van der Waals surface area contributed by atoms with Gasteiger partial charge in [0.05, 0.1) is 6.54 Å². The van der Waals surface area contributed by atoms with Crippen LogP contribution in [0.1, 0.15) is 54.4 Å². The van der Waals surface area contributed by atoms with Crippen LogP contribution in [0.3, 0.4) is 0 Å². The van der Waals surface area contributed by atoms with Crippen LogP contribution in [0.25, 0.3) is 0 Å². The predicted molar refractivity (Wildman–Crippen MR) is 79.7 cm³/mol. The third kappa shape index (κ3) is 3.16. The zero-order valence-electron chi connectivity index (χ0n) is 12.5. The second kappa shape index (κ2) is 5.26. The van der Waals surface area contributed by atoms with Crippen LogP contribution in [0.15, 0.2) is 28.8 Å². The minimum absolute atomic E-state index is 0.564. The molecule has 2 saturated carbocycles. The predicted octanol–water partition coefficient (Wildman–Crippen LogP) is 3.42. The monoisotopic (exact) mass is 283 g/mol. The smallest absolute Gasteiger partial charge is 0.240 e. The highest BCUT2D eigenvalue weighted by Gasteiger charge is 2.32. The van der Waals surface area contributed by atoms with E-state index >= 15 is 0 Å². The molecule has 110 valence electrons. The number of nitrogens with zero attached hydrogens (tertiary/aromatic N) is 3. The first-order valence-electron chi connectivity index (χ1n) is 7.90. The zero-order valence-corrected chi connectivity index (χ0v) is 12.5. The average molecular weight is 283 g/mol. The van der Waals surface area contributed by atoms with Crippen molar-refractivity contribution in [3.8, 4) is 0 Å². The van der Waals surface area contributed by atoms with Crippen molar-refractivity contribution in [1.82, 2.24) is 15.0 Å². The summed E-state index contributed by atoms with van der Waals surface area (Å²) in [6, 6.07) is 9.42. The van der Waals surface area contributed by atoms with Gasteiger partial charge in [0, 0.05) is 18.5 Å². The molecule has 2 fully saturated rings. The van der Waals surface area contributed by atoms with E-state index in [1.54, 1.807) is 0 Å². The molecule has 0 radical (unpaired) electrons.